The summed E-state index contributed by atoms with van der Waals surface area (Å²) < 4.78 is 0. The molecule has 0 fully saturated rings. The molecule has 1 aromatic carbocycles. The molecule has 0 heterocycles. The average Bonchev–Trinajstić information content (AvgIpc) is 2.25. The summed E-state index contributed by atoms with van der Waals surface area (Å²) in [6.45, 7) is 9.43. The van der Waals surface area contributed by atoms with E-state index in [4.69, 9.17) is 5.73 Å². The zero-order valence-electron chi connectivity index (χ0n) is 10.7. The van der Waals surface area contributed by atoms with Crippen molar-refractivity contribution in [2.24, 2.45) is 5.73 Å². The summed E-state index contributed by atoms with van der Waals surface area (Å²) in [5.41, 5.74) is 8.35. The lowest BCUT2D eigenvalue weighted by molar-refractivity contribution is 0.467. The fraction of sp³-hybridized carbons (Fsp3) is 0.571. The molecule has 2 nitrogen and oxygen atoms in total. The summed E-state index contributed by atoms with van der Waals surface area (Å²) in [6, 6.07) is 8.80. The normalized spacial score (nSPS) is 11.8. The van der Waals surface area contributed by atoms with Crippen LogP contribution in [-0.4, -0.2) is 19.6 Å². The molecule has 0 bridgehead atoms. The van der Waals surface area contributed by atoms with E-state index in [1.165, 1.54) is 11.1 Å². The van der Waals surface area contributed by atoms with Crippen LogP contribution in [0.5, 0.6) is 0 Å². The fourth-order valence-corrected chi connectivity index (χ4v) is 1.73. The molecule has 1 aromatic rings. The molecular weight excluding hydrogens is 196 g/mol. The van der Waals surface area contributed by atoms with E-state index in [1.54, 1.807) is 0 Å². The Morgan fingerprint density at radius 2 is 1.81 bits per heavy atom. The van der Waals surface area contributed by atoms with E-state index in [1.807, 2.05) is 0 Å². The largest absolute Gasteiger partial charge is 0.330 e. The minimum atomic E-state index is 0.183. The van der Waals surface area contributed by atoms with Gasteiger partial charge in [0.2, 0.25) is 0 Å². The van der Waals surface area contributed by atoms with Crippen LogP contribution in [0.25, 0.3) is 0 Å². The zero-order valence-corrected chi connectivity index (χ0v) is 10.7. The first-order valence-electron chi connectivity index (χ1n) is 6.04. The third-order valence-electron chi connectivity index (χ3n) is 2.96. The van der Waals surface area contributed by atoms with Gasteiger partial charge in [-0.05, 0) is 32.0 Å². The van der Waals surface area contributed by atoms with Crippen molar-refractivity contribution < 1.29 is 0 Å². The van der Waals surface area contributed by atoms with Gasteiger partial charge in [-0.2, -0.15) is 0 Å². The van der Waals surface area contributed by atoms with E-state index in [-0.39, 0.29) is 5.41 Å². The average molecular weight is 220 g/mol. The highest BCUT2D eigenvalue weighted by molar-refractivity contribution is 5.27. The van der Waals surface area contributed by atoms with Crippen molar-refractivity contribution in [2.45, 2.75) is 32.6 Å². The molecule has 90 valence electrons. The number of hydrogen-bond donors (Lipinski definition) is 2. The van der Waals surface area contributed by atoms with E-state index >= 15 is 0 Å². The molecule has 0 unspecified atom stereocenters. The highest BCUT2D eigenvalue weighted by atomic mass is 14.9. The Balaban J connectivity index is 2.52. The van der Waals surface area contributed by atoms with Crippen LogP contribution in [0.3, 0.4) is 0 Å². The first-order valence-corrected chi connectivity index (χ1v) is 6.04. The third kappa shape index (κ3) is 3.95. The van der Waals surface area contributed by atoms with Gasteiger partial charge < -0.3 is 11.1 Å². The van der Waals surface area contributed by atoms with Crippen molar-refractivity contribution in [3.63, 3.8) is 0 Å². The number of aryl methyl sites for hydroxylation is 1. The summed E-state index contributed by atoms with van der Waals surface area (Å²) in [5.74, 6) is 0. The second-order valence-electron chi connectivity index (χ2n) is 5.07. The van der Waals surface area contributed by atoms with E-state index in [0.717, 1.165) is 26.1 Å². The van der Waals surface area contributed by atoms with Crippen LogP contribution >= 0.6 is 0 Å². The molecule has 16 heavy (non-hydrogen) atoms. The fourth-order valence-electron chi connectivity index (χ4n) is 1.73. The Hall–Kier alpha value is -0.860. The number of nitrogens with two attached hydrogens (primary N) is 1. The zero-order chi connectivity index (χ0) is 12.0. The second kappa shape index (κ2) is 6.02. The number of rotatable bonds is 6. The van der Waals surface area contributed by atoms with E-state index in [0.29, 0.717) is 0 Å². The van der Waals surface area contributed by atoms with Gasteiger partial charge in [0.05, 0.1) is 0 Å². The van der Waals surface area contributed by atoms with Crippen molar-refractivity contribution in [1.29, 1.82) is 0 Å². The molecular formula is C14H24N2. The second-order valence-corrected chi connectivity index (χ2v) is 5.07. The number of hydrogen-bond acceptors (Lipinski definition) is 2. The number of nitrogens with one attached hydrogen (secondary N) is 1. The Morgan fingerprint density at radius 3 is 2.38 bits per heavy atom. The standard InChI is InChI=1S/C14H24N2/c1-12-5-7-13(8-6-12)14(2,3)11-16-10-4-9-15/h5-8,16H,4,9-11,15H2,1-3H3. The third-order valence-corrected chi connectivity index (χ3v) is 2.96. The molecule has 0 aliphatic carbocycles. The molecule has 1 rings (SSSR count). The summed E-state index contributed by atoms with van der Waals surface area (Å²) in [5, 5.41) is 3.46. The van der Waals surface area contributed by atoms with Gasteiger partial charge >= 0.3 is 0 Å². The van der Waals surface area contributed by atoms with E-state index in [9.17, 15) is 0 Å². The number of benzene rings is 1. The van der Waals surface area contributed by atoms with Gasteiger partial charge in [0.25, 0.3) is 0 Å². The first kappa shape index (κ1) is 13.2. The van der Waals surface area contributed by atoms with Gasteiger partial charge in [-0.1, -0.05) is 43.7 Å². The SMILES string of the molecule is Cc1ccc(C(C)(C)CNCCCN)cc1. The highest BCUT2D eigenvalue weighted by Crippen LogP contribution is 2.22. The van der Waals surface area contributed by atoms with E-state index in [2.05, 4.69) is 50.4 Å². The maximum absolute atomic E-state index is 5.47. The Labute approximate surface area is 99.2 Å². The van der Waals surface area contributed by atoms with Crippen molar-refractivity contribution in [3.8, 4) is 0 Å². The maximum atomic E-state index is 5.47. The van der Waals surface area contributed by atoms with Crippen LogP contribution in [-0.2, 0) is 5.41 Å². The first-order chi connectivity index (χ1) is 7.56. The Morgan fingerprint density at radius 1 is 1.19 bits per heavy atom. The van der Waals surface area contributed by atoms with Gasteiger partial charge in [-0.15, -0.1) is 0 Å². The Kier molecular flexibility index (Phi) is 4.97. The molecule has 0 saturated heterocycles. The highest BCUT2D eigenvalue weighted by Gasteiger charge is 2.19. The van der Waals surface area contributed by atoms with E-state index < -0.39 is 0 Å². The lowest BCUT2D eigenvalue weighted by Crippen LogP contribution is -2.34. The molecule has 0 atom stereocenters. The summed E-state index contributed by atoms with van der Waals surface area (Å²) >= 11 is 0. The molecule has 0 aliphatic heterocycles. The molecule has 0 spiro atoms. The predicted molar refractivity (Wildman–Crippen MR) is 70.7 cm³/mol. The van der Waals surface area contributed by atoms with Crippen molar-refractivity contribution in [1.82, 2.24) is 5.32 Å². The van der Waals surface area contributed by atoms with Gasteiger partial charge in [0.15, 0.2) is 0 Å². The summed E-state index contributed by atoms with van der Waals surface area (Å²) in [6.07, 6.45) is 1.05. The molecule has 2 heteroatoms. The topological polar surface area (TPSA) is 38.0 Å². The Bertz CT molecular complexity index is 301. The minimum Gasteiger partial charge on any atom is -0.330 e. The lowest BCUT2D eigenvalue weighted by Gasteiger charge is -2.26. The van der Waals surface area contributed by atoms with Crippen molar-refractivity contribution >= 4 is 0 Å². The smallest absolute Gasteiger partial charge is 0.00431 e. The van der Waals surface area contributed by atoms with Crippen LogP contribution in [0.1, 0.15) is 31.4 Å². The molecule has 0 saturated carbocycles. The maximum Gasteiger partial charge on any atom is 0.00431 e. The monoisotopic (exact) mass is 220 g/mol. The van der Waals surface area contributed by atoms with Gasteiger partial charge in [0, 0.05) is 12.0 Å². The predicted octanol–water partition coefficient (Wildman–Crippen LogP) is 2.21. The van der Waals surface area contributed by atoms with Gasteiger partial charge in [-0.25, -0.2) is 0 Å². The molecule has 0 aliphatic rings. The molecule has 0 radical (unpaired) electrons. The van der Waals surface area contributed by atoms with Crippen molar-refractivity contribution in [2.75, 3.05) is 19.6 Å². The molecule has 0 amide bonds. The van der Waals surface area contributed by atoms with Crippen LogP contribution in [0.15, 0.2) is 24.3 Å². The van der Waals surface area contributed by atoms with Crippen LogP contribution in [0.2, 0.25) is 0 Å². The lowest BCUT2D eigenvalue weighted by atomic mass is 9.84. The van der Waals surface area contributed by atoms with Crippen LogP contribution < -0.4 is 11.1 Å². The molecule has 0 aromatic heterocycles. The van der Waals surface area contributed by atoms with Gasteiger partial charge in [0.1, 0.15) is 0 Å². The van der Waals surface area contributed by atoms with Crippen molar-refractivity contribution in [3.05, 3.63) is 35.4 Å². The van der Waals surface area contributed by atoms with Gasteiger partial charge in [-0.3, -0.25) is 0 Å². The van der Waals surface area contributed by atoms with Crippen LogP contribution in [0.4, 0.5) is 0 Å². The minimum absolute atomic E-state index is 0.183. The quantitative estimate of drug-likeness (QED) is 0.721. The molecule has 3 N–H and O–H groups in total. The summed E-state index contributed by atoms with van der Waals surface area (Å²) in [4.78, 5) is 0. The summed E-state index contributed by atoms with van der Waals surface area (Å²) in [7, 11) is 0. The van der Waals surface area contributed by atoms with Crippen LogP contribution in [0, 0.1) is 6.92 Å².